The van der Waals surface area contributed by atoms with E-state index in [-0.39, 0.29) is 18.9 Å². The van der Waals surface area contributed by atoms with Crippen molar-refractivity contribution in [2.24, 2.45) is 0 Å². The fourth-order valence-corrected chi connectivity index (χ4v) is 2.94. The Kier molecular flexibility index (Phi) is 4.85. The van der Waals surface area contributed by atoms with Gasteiger partial charge in [0.1, 0.15) is 0 Å². The van der Waals surface area contributed by atoms with Crippen LogP contribution in [0.15, 0.2) is 59.6 Å². The van der Waals surface area contributed by atoms with E-state index < -0.39 is 6.10 Å². The normalized spacial score (nSPS) is 12.0. The van der Waals surface area contributed by atoms with Gasteiger partial charge in [-0.05, 0) is 46.2 Å². The van der Waals surface area contributed by atoms with Gasteiger partial charge in [-0.3, -0.25) is 4.79 Å². The van der Waals surface area contributed by atoms with E-state index in [1.807, 2.05) is 53.4 Å². The van der Waals surface area contributed by atoms with Gasteiger partial charge in [-0.2, -0.15) is 16.4 Å². The third-order valence-electron chi connectivity index (χ3n) is 3.49. The fourth-order valence-electron chi connectivity index (χ4n) is 2.23. The van der Waals surface area contributed by atoms with E-state index in [9.17, 15) is 9.90 Å². The molecule has 0 aliphatic heterocycles. The highest BCUT2D eigenvalue weighted by Gasteiger charge is 2.10. The number of aromatic nitrogens is 2. The highest BCUT2D eigenvalue weighted by Crippen LogP contribution is 2.15. The number of aliphatic hydroxyl groups is 1. The van der Waals surface area contributed by atoms with Crippen LogP contribution in [-0.4, -0.2) is 27.3 Å². The average molecular weight is 327 g/mol. The third kappa shape index (κ3) is 4.06. The molecule has 0 fully saturated rings. The molecule has 23 heavy (non-hydrogen) atoms. The third-order valence-corrected chi connectivity index (χ3v) is 4.19. The SMILES string of the molecule is O=C(Cc1ccc(-n2cccn2)cc1)NCC(O)c1ccsc1. The monoisotopic (exact) mass is 327 g/mol. The van der Waals surface area contributed by atoms with E-state index in [1.54, 1.807) is 10.9 Å². The van der Waals surface area contributed by atoms with Gasteiger partial charge in [0.05, 0.1) is 18.2 Å². The second kappa shape index (κ2) is 7.21. The lowest BCUT2D eigenvalue weighted by Gasteiger charge is -2.11. The minimum Gasteiger partial charge on any atom is -0.387 e. The molecule has 2 heterocycles. The zero-order chi connectivity index (χ0) is 16.1. The molecule has 1 aromatic carbocycles. The molecule has 0 aliphatic rings. The summed E-state index contributed by atoms with van der Waals surface area (Å²) < 4.78 is 1.76. The van der Waals surface area contributed by atoms with Crippen LogP contribution in [0.1, 0.15) is 17.2 Å². The number of hydrogen-bond acceptors (Lipinski definition) is 4. The predicted octanol–water partition coefficient (Wildman–Crippen LogP) is 2.33. The second-order valence-corrected chi connectivity index (χ2v) is 5.95. The molecule has 0 spiro atoms. The molecule has 1 atom stereocenters. The number of benzene rings is 1. The Morgan fingerprint density at radius 3 is 2.78 bits per heavy atom. The Bertz CT molecular complexity index is 737. The predicted molar refractivity (Wildman–Crippen MR) is 89.6 cm³/mol. The number of nitrogens with one attached hydrogen (secondary N) is 1. The summed E-state index contributed by atoms with van der Waals surface area (Å²) in [6.45, 7) is 0.223. The average Bonchev–Trinajstić information content (AvgIpc) is 3.26. The van der Waals surface area contributed by atoms with Gasteiger partial charge < -0.3 is 10.4 Å². The zero-order valence-corrected chi connectivity index (χ0v) is 13.2. The summed E-state index contributed by atoms with van der Waals surface area (Å²) in [5.41, 5.74) is 2.70. The molecule has 2 aromatic heterocycles. The van der Waals surface area contributed by atoms with Crippen molar-refractivity contribution in [3.63, 3.8) is 0 Å². The lowest BCUT2D eigenvalue weighted by Crippen LogP contribution is -2.29. The van der Waals surface area contributed by atoms with Crippen molar-refractivity contribution in [1.29, 1.82) is 0 Å². The molecule has 0 aliphatic carbocycles. The quantitative estimate of drug-likeness (QED) is 0.730. The number of aliphatic hydroxyl groups excluding tert-OH is 1. The number of carbonyl (C=O) groups excluding carboxylic acids is 1. The molecule has 0 saturated carbocycles. The number of hydrogen-bond donors (Lipinski definition) is 2. The smallest absolute Gasteiger partial charge is 0.224 e. The Balaban J connectivity index is 1.51. The van der Waals surface area contributed by atoms with Crippen LogP contribution < -0.4 is 5.32 Å². The lowest BCUT2D eigenvalue weighted by atomic mass is 10.1. The van der Waals surface area contributed by atoms with E-state index >= 15 is 0 Å². The fraction of sp³-hybridized carbons (Fsp3) is 0.176. The highest BCUT2D eigenvalue weighted by molar-refractivity contribution is 7.07. The molecule has 0 radical (unpaired) electrons. The van der Waals surface area contributed by atoms with Crippen molar-refractivity contribution >= 4 is 17.2 Å². The summed E-state index contributed by atoms with van der Waals surface area (Å²) in [6, 6.07) is 11.4. The first-order chi connectivity index (χ1) is 11.2. The van der Waals surface area contributed by atoms with Crippen LogP contribution in [0, 0.1) is 0 Å². The minimum atomic E-state index is -0.660. The summed E-state index contributed by atoms with van der Waals surface area (Å²) in [5.74, 6) is -0.105. The number of nitrogens with zero attached hydrogens (tertiary/aromatic N) is 2. The second-order valence-electron chi connectivity index (χ2n) is 5.17. The largest absolute Gasteiger partial charge is 0.387 e. The van der Waals surface area contributed by atoms with Gasteiger partial charge in [0.15, 0.2) is 0 Å². The van der Waals surface area contributed by atoms with Gasteiger partial charge in [-0.25, -0.2) is 4.68 Å². The molecule has 6 heteroatoms. The van der Waals surface area contributed by atoms with Gasteiger partial charge >= 0.3 is 0 Å². The maximum atomic E-state index is 12.0. The van der Waals surface area contributed by atoms with Crippen LogP contribution in [0.25, 0.3) is 5.69 Å². The van der Waals surface area contributed by atoms with E-state index in [0.717, 1.165) is 16.8 Å². The molecule has 0 saturated heterocycles. The molecule has 1 unspecified atom stereocenters. The van der Waals surface area contributed by atoms with E-state index in [1.165, 1.54) is 11.3 Å². The molecule has 118 valence electrons. The molecule has 2 N–H and O–H groups in total. The van der Waals surface area contributed by atoms with Crippen molar-refractivity contribution in [3.05, 3.63) is 70.7 Å². The van der Waals surface area contributed by atoms with Crippen LogP contribution in [0.3, 0.4) is 0 Å². The summed E-state index contributed by atoms with van der Waals surface area (Å²) in [5, 5.41) is 20.7. The van der Waals surface area contributed by atoms with E-state index in [2.05, 4.69) is 10.4 Å². The highest BCUT2D eigenvalue weighted by atomic mass is 32.1. The van der Waals surface area contributed by atoms with Gasteiger partial charge in [0.2, 0.25) is 5.91 Å². The van der Waals surface area contributed by atoms with Gasteiger partial charge in [0, 0.05) is 18.9 Å². The van der Waals surface area contributed by atoms with Gasteiger partial charge in [-0.15, -0.1) is 0 Å². The van der Waals surface area contributed by atoms with Crippen molar-refractivity contribution in [2.45, 2.75) is 12.5 Å². The molecule has 3 aromatic rings. The Labute approximate surface area is 138 Å². The minimum absolute atomic E-state index is 0.105. The first-order valence-electron chi connectivity index (χ1n) is 7.28. The van der Waals surface area contributed by atoms with Crippen molar-refractivity contribution < 1.29 is 9.90 Å². The molecule has 0 bridgehead atoms. The first kappa shape index (κ1) is 15.5. The van der Waals surface area contributed by atoms with Crippen molar-refractivity contribution in [1.82, 2.24) is 15.1 Å². The number of carbonyl (C=O) groups is 1. The maximum absolute atomic E-state index is 12.0. The van der Waals surface area contributed by atoms with Crippen LogP contribution in [0.2, 0.25) is 0 Å². The number of rotatable bonds is 6. The maximum Gasteiger partial charge on any atom is 0.224 e. The number of amides is 1. The summed E-state index contributed by atoms with van der Waals surface area (Å²) in [6.07, 6.45) is 3.22. The standard InChI is InChI=1S/C17H17N3O2S/c21-16(14-6-9-23-12-14)11-18-17(22)10-13-2-4-15(5-3-13)20-8-1-7-19-20/h1-9,12,16,21H,10-11H2,(H,18,22). The van der Waals surface area contributed by atoms with Crippen LogP contribution in [0.4, 0.5) is 0 Å². The zero-order valence-electron chi connectivity index (χ0n) is 12.4. The van der Waals surface area contributed by atoms with Gasteiger partial charge in [-0.1, -0.05) is 12.1 Å². The molecular formula is C17H17N3O2S. The summed E-state index contributed by atoms with van der Waals surface area (Å²) in [7, 11) is 0. The topological polar surface area (TPSA) is 67.2 Å². The van der Waals surface area contributed by atoms with Crippen LogP contribution >= 0.6 is 11.3 Å². The van der Waals surface area contributed by atoms with Gasteiger partial charge in [0.25, 0.3) is 0 Å². The Morgan fingerprint density at radius 1 is 1.30 bits per heavy atom. The molecule has 5 nitrogen and oxygen atoms in total. The Morgan fingerprint density at radius 2 is 2.13 bits per heavy atom. The number of thiophene rings is 1. The van der Waals surface area contributed by atoms with Crippen molar-refractivity contribution in [3.8, 4) is 5.69 Å². The van der Waals surface area contributed by atoms with Crippen LogP contribution in [-0.2, 0) is 11.2 Å². The first-order valence-corrected chi connectivity index (χ1v) is 8.22. The van der Waals surface area contributed by atoms with E-state index in [0.29, 0.717) is 0 Å². The Hall–Kier alpha value is -2.44. The summed E-state index contributed by atoms with van der Waals surface area (Å²) in [4.78, 5) is 12.0. The summed E-state index contributed by atoms with van der Waals surface area (Å²) >= 11 is 1.53. The lowest BCUT2D eigenvalue weighted by molar-refractivity contribution is -0.120. The molecule has 1 amide bonds. The van der Waals surface area contributed by atoms with E-state index in [4.69, 9.17) is 0 Å². The van der Waals surface area contributed by atoms with Crippen LogP contribution in [0.5, 0.6) is 0 Å². The van der Waals surface area contributed by atoms with Crippen molar-refractivity contribution in [2.75, 3.05) is 6.54 Å². The molecule has 3 rings (SSSR count). The molecular weight excluding hydrogens is 310 g/mol.